The Morgan fingerprint density at radius 3 is 2.71 bits per heavy atom. The minimum Gasteiger partial charge on any atom is -0.317 e. The summed E-state index contributed by atoms with van der Waals surface area (Å²) in [7, 11) is -3.16. The van der Waals surface area contributed by atoms with Crippen molar-refractivity contribution in [1.29, 1.82) is 0 Å². The normalized spacial score (nSPS) is 20.1. The summed E-state index contributed by atoms with van der Waals surface area (Å²) < 4.78 is 23.4. The average molecular weight is 311 g/mol. The van der Waals surface area contributed by atoms with Crippen molar-refractivity contribution in [3.8, 4) is 0 Å². The monoisotopic (exact) mass is 311 g/mol. The Balaban J connectivity index is 2.26. The van der Waals surface area contributed by atoms with Gasteiger partial charge in [-0.25, -0.2) is 18.4 Å². The predicted molar refractivity (Wildman–Crippen MR) is 84.1 cm³/mol. The molecule has 1 aromatic rings. The Hall–Kier alpha value is -1.01. The van der Waals surface area contributed by atoms with E-state index in [-0.39, 0.29) is 0 Å². The first-order valence-corrected chi connectivity index (χ1v) is 9.54. The highest BCUT2D eigenvalue weighted by Crippen LogP contribution is 2.28. The molecule has 5 nitrogen and oxygen atoms in total. The molecule has 118 valence electrons. The fourth-order valence-electron chi connectivity index (χ4n) is 2.78. The fourth-order valence-corrected chi connectivity index (χ4v) is 3.27. The van der Waals surface area contributed by atoms with E-state index in [2.05, 4.69) is 22.2 Å². The highest BCUT2D eigenvalue weighted by Gasteiger charge is 2.26. The molecular formula is C15H25N3O2S. The van der Waals surface area contributed by atoms with Crippen molar-refractivity contribution in [3.05, 3.63) is 22.8 Å². The largest absolute Gasteiger partial charge is 0.317 e. The molecule has 0 aromatic carbocycles. The van der Waals surface area contributed by atoms with Crippen molar-refractivity contribution < 1.29 is 8.42 Å². The molecule has 0 saturated carbocycles. The second-order valence-corrected chi connectivity index (χ2v) is 8.35. The molecular weight excluding hydrogens is 286 g/mol. The number of hydrogen-bond acceptors (Lipinski definition) is 5. The van der Waals surface area contributed by atoms with Crippen molar-refractivity contribution in [2.45, 2.75) is 45.3 Å². The summed E-state index contributed by atoms with van der Waals surface area (Å²) >= 11 is 0. The summed E-state index contributed by atoms with van der Waals surface area (Å²) in [5, 5.41) is 2.76. The maximum absolute atomic E-state index is 11.7. The van der Waals surface area contributed by atoms with Crippen LogP contribution in [0.25, 0.3) is 0 Å². The number of nitrogens with zero attached hydrogens (tertiary/aromatic N) is 2. The molecule has 0 aliphatic heterocycles. The van der Waals surface area contributed by atoms with Gasteiger partial charge in [0.1, 0.15) is 11.1 Å². The number of rotatable bonds is 5. The van der Waals surface area contributed by atoms with Crippen molar-refractivity contribution in [3.63, 3.8) is 0 Å². The summed E-state index contributed by atoms with van der Waals surface area (Å²) in [6.45, 7) is 7.76. The van der Waals surface area contributed by atoms with Crippen molar-refractivity contribution in [2.24, 2.45) is 5.92 Å². The summed E-state index contributed by atoms with van der Waals surface area (Å²) in [4.78, 5) is 9.00. The van der Waals surface area contributed by atoms with Gasteiger partial charge >= 0.3 is 0 Å². The zero-order chi connectivity index (χ0) is 15.6. The minimum atomic E-state index is -3.16. The maximum atomic E-state index is 11.7. The van der Waals surface area contributed by atoms with E-state index in [0.29, 0.717) is 11.7 Å². The highest BCUT2D eigenvalue weighted by atomic mass is 32.2. The van der Waals surface area contributed by atoms with Crippen LogP contribution in [0.1, 0.15) is 48.3 Å². The van der Waals surface area contributed by atoms with Crippen LogP contribution in [0.3, 0.4) is 0 Å². The smallest absolute Gasteiger partial charge is 0.157 e. The Kier molecular flexibility index (Phi) is 4.99. The lowest BCUT2D eigenvalue weighted by molar-refractivity contribution is 0.422. The molecule has 6 heteroatoms. The second-order valence-electron chi connectivity index (χ2n) is 5.98. The summed E-state index contributed by atoms with van der Waals surface area (Å²) in [6, 6.07) is 0. The number of aryl methyl sites for hydroxylation is 2. The molecule has 1 aliphatic rings. The van der Waals surface area contributed by atoms with Gasteiger partial charge < -0.3 is 5.32 Å². The van der Waals surface area contributed by atoms with Gasteiger partial charge in [0.2, 0.25) is 0 Å². The van der Waals surface area contributed by atoms with E-state index in [4.69, 9.17) is 0 Å². The lowest BCUT2D eigenvalue weighted by atomic mass is 9.85. The van der Waals surface area contributed by atoms with Crippen LogP contribution in [-0.2, 0) is 22.7 Å². The number of nitrogens with one attached hydrogen (secondary N) is 1. The molecule has 0 spiro atoms. The third-order valence-electron chi connectivity index (χ3n) is 4.29. The Bertz CT molecular complexity index is 614. The summed E-state index contributed by atoms with van der Waals surface area (Å²) in [5.74, 6) is 1.07. The minimum absolute atomic E-state index is 0.443. The van der Waals surface area contributed by atoms with Gasteiger partial charge in [0.25, 0.3) is 0 Å². The fraction of sp³-hybridized carbons (Fsp3) is 0.733. The van der Waals surface area contributed by atoms with E-state index < -0.39 is 15.1 Å². The van der Waals surface area contributed by atoms with Crippen LogP contribution in [0.15, 0.2) is 0 Å². The number of sulfone groups is 1. The average Bonchev–Trinajstić information content (AvgIpc) is 2.43. The van der Waals surface area contributed by atoms with Gasteiger partial charge in [0, 0.05) is 17.6 Å². The van der Waals surface area contributed by atoms with Gasteiger partial charge in [-0.15, -0.1) is 0 Å². The van der Waals surface area contributed by atoms with E-state index in [1.54, 1.807) is 6.92 Å². The highest BCUT2D eigenvalue weighted by molar-refractivity contribution is 7.90. The standard InChI is InChI=1S/C15H25N3O2S/c1-5-16-9-12-6-7-14-13(8-12)10(2)17-15(18-14)11(3)21(4,19)20/h11-12,16H,5-9H2,1-4H3. The first-order valence-electron chi connectivity index (χ1n) is 7.58. The quantitative estimate of drug-likeness (QED) is 0.894. The van der Waals surface area contributed by atoms with E-state index in [0.717, 1.165) is 43.7 Å². The Morgan fingerprint density at radius 1 is 1.38 bits per heavy atom. The molecule has 1 heterocycles. The zero-order valence-corrected chi connectivity index (χ0v) is 14.1. The predicted octanol–water partition coefficient (Wildman–Crippen LogP) is 1.61. The number of fused-ring (bicyclic) bond motifs is 1. The molecule has 0 bridgehead atoms. The molecule has 0 radical (unpaired) electrons. The van der Waals surface area contributed by atoms with Crippen LogP contribution >= 0.6 is 0 Å². The van der Waals surface area contributed by atoms with Gasteiger partial charge in [0.15, 0.2) is 9.84 Å². The van der Waals surface area contributed by atoms with Gasteiger partial charge in [-0.1, -0.05) is 6.92 Å². The topological polar surface area (TPSA) is 72.0 Å². The first kappa shape index (κ1) is 16.4. The third kappa shape index (κ3) is 3.80. The van der Waals surface area contributed by atoms with Crippen molar-refractivity contribution in [1.82, 2.24) is 15.3 Å². The molecule has 1 N–H and O–H groups in total. The van der Waals surface area contributed by atoms with E-state index in [1.807, 2.05) is 6.92 Å². The summed E-state index contributed by atoms with van der Waals surface area (Å²) in [6.07, 6.45) is 4.24. The van der Waals surface area contributed by atoms with Gasteiger partial charge in [-0.2, -0.15) is 0 Å². The number of aromatic nitrogens is 2. The van der Waals surface area contributed by atoms with E-state index in [1.165, 1.54) is 11.8 Å². The van der Waals surface area contributed by atoms with Crippen LogP contribution in [0, 0.1) is 12.8 Å². The zero-order valence-electron chi connectivity index (χ0n) is 13.3. The van der Waals surface area contributed by atoms with Gasteiger partial charge in [-0.3, -0.25) is 0 Å². The molecule has 2 unspecified atom stereocenters. The first-order chi connectivity index (χ1) is 9.82. The SMILES string of the molecule is CCNCC1CCc2nc(C(C)S(C)(=O)=O)nc(C)c2C1. The van der Waals surface area contributed by atoms with Crippen LogP contribution in [0.5, 0.6) is 0 Å². The van der Waals surface area contributed by atoms with Crippen LogP contribution in [0.2, 0.25) is 0 Å². The van der Waals surface area contributed by atoms with Crippen LogP contribution in [0.4, 0.5) is 0 Å². The molecule has 1 aliphatic carbocycles. The lowest BCUT2D eigenvalue weighted by Crippen LogP contribution is -2.28. The lowest BCUT2D eigenvalue weighted by Gasteiger charge is -2.26. The second kappa shape index (κ2) is 6.40. The van der Waals surface area contributed by atoms with E-state index in [9.17, 15) is 8.42 Å². The molecule has 21 heavy (non-hydrogen) atoms. The maximum Gasteiger partial charge on any atom is 0.157 e. The van der Waals surface area contributed by atoms with Crippen LogP contribution in [-0.4, -0.2) is 37.7 Å². The molecule has 0 amide bonds. The molecule has 1 aromatic heterocycles. The molecule has 0 saturated heterocycles. The Morgan fingerprint density at radius 2 is 2.10 bits per heavy atom. The van der Waals surface area contributed by atoms with Crippen LogP contribution < -0.4 is 5.32 Å². The summed E-state index contributed by atoms with van der Waals surface area (Å²) in [5.41, 5.74) is 3.20. The van der Waals surface area contributed by atoms with Gasteiger partial charge in [-0.05, 0) is 57.7 Å². The van der Waals surface area contributed by atoms with Gasteiger partial charge in [0.05, 0.1) is 0 Å². The molecule has 2 atom stereocenters. The van der Waals surface area contributed by atoms with Crippen molar-refractivity contribution >= 4 is 9.84 Å². The number of hydrogen-bond donors (Lipinski definition) is 1. The Labute approximate surface area is 127 Å². The van der Waals surface area contributed by atoms with E-state index >= 15 is 0 Å². The van der Waals surface area contributed by atoms with Crippen molar-refractivity contribution in [2.75, 3.05) is 19.3 Å². The molecule has 2 rings (SSSR count). The third-order valence-corrected chi connectivity index (χ3v) is 5.78. The molecule has 0 fully saturated rings.